The second-order valence-electron chi connectivity index (χ2n) is 4.38. The van der Waals surface area contributed by atoms with Gasteiger partial charge in [0.15, 0.2) is 0 Å². The molecule has 0 aliphatic heterocycles. The number of aromatic nitrogens is 2. The van der Waals surface area contributed by atoms with Gasteiger partial charge < -0.3 is 15.6 Å². The van der Waals surface area contributed by atoms with Crippen LogP contribution in [0.15, 0.2) is 24.3 Å². The number of fused-ring (bicyclic) bond motifs is 1. The molecule has 5 heteroatoms. The SMILES string of the molecule is CNCC(C)C(=O)NCc1nc2ccccc2[nH]1. The number of para-hydroxylation sites is 2. The van der Waals surface area contributed by atoms with E-state index in [0.717, 1.165) is 16.9 Å². The number of hydrogen-bond acceptors (Lipinski definition) is 3. The van der Waals surface area contributed by atoms with Crippen molar-refractivity contribution in [2.24, 2.45) is 5.92 Å². The van der Waals surface area contributed by atoms with Gasteiger partial charge in [0.05, 0.1) is 17.6 Å². The van der Waals surface area contributed by atoms with Crippen LogP contribution in [0.25, 0.3) is 11.0 Å². The van der Waals surface area contributed by atoms with Gasteiger partial charge in [0.2, 0.25) is 5.91 Å². The zero-order valence-corrected chi connectivity index (χ0v) is 10.7. The summed E-state index contributed by atoms with van der Waals surface area (Å²) in [6, 6.07) is 7.82. The third-order valence-electron chi connectivity index (χ3n) is 2.83. The molecule has 0 aliphatic carbocycles. The Labute approximate surface area is 106 Å². The van der Waals surface area contributed by atoms with Crippen LogP contribution < -0.4 is 10.6 Å². The van der Waals surface area contributed by atoms with E-state index in [1.54, 1.807) is 0 Å². The van der Waals surface area contributed by atoms with Crippen molar-refractivity contribution in [2.75, 3.05) is 13.6 Å². The number of rotatable bonds is 5. The summed E-state index contributed by atoms with van der Waals surface area (Å²) in [5.41, 5.74) is 1.91. The minimum Gasteiger partial charge on any atom is -0.349 e. The summed E-state index contributed by atoms with van der Waals surface area (Å²) in [6.45, 7) is 3.00. The van der Waals surface area contributed by atoms with Crippen LogP contribution in [0.3, 0.4) is 0 Å². The van der Waals surface area contributed by atoms with Crippen LogP contribution >= 0.6 is 0 Å². The van der Waals surface area contributed by atoms with Crippen LogP contribution in [-0.4, -0.2) is 29.5 Å². The van der Waals surface area contributed by atoms with Gasteiger partial charge in [-0.3, -0.25) is 4.79 Å². The molecule has 5 nitrogen and oxygen atoms in total. The zero-order valence-electron chi connectivity index (χ0n) is 10.7. The van der Waals surface area contributed by atoms with E-state index in [4.69, 9.17) is 0 Å². The van der Waals surface area contributed by atoms with E-state index in [0.29, 0.717) is 13.1 Å². The Kier molecular flexibility index (Phi) is 3.94. The lowest BCUT2D eigenvalue weighted by Crippen LogP contribution is -2.34. The third-order valence-corrected chi connectivity index (χ3v) is 2.83. The predicted molar refractivity (Wildman–Crippen MR) is 71.0 cm³/mol. The number of carbonyl (C=O) groups excluding carboxylic acids is 1. The Balaban J connectivity index is 1.95. The summed E-state index contributed by atoms with van der Waals surface area (Å²) in [5.74, 6) is 0.769. The molecular formula is C13H18N4O. The molecule has 1 unspecified atom stereocenters. The second kappa shape index (κ2) is 5.64. The number of hydrogen-bond donors (Lipinski definition) is 3. The first-order valence-electron chi connectivity index (χ1n) is 6.06. The van der Waals surface area contributed by atoms with E-state index in [1.165, 1.54) is 0 Å². The zero-order chi connectivity index (χ0) is 13.0. The highest BCUT2D eigenvalue weighted by Gasteiger charge is 2.11. The first-order valence-corrected chi connectivity index (χ1v) is 6.06. The summed E-state index contributed by atoms with van der Waals surface area (Å²) in [6.07, 6.45) is 0. The first kappa shape index (κ1) is 12.6. The van der Waals surface area contributed by atoms with E-state index in [2.05, 4.69) is 20.6 Å². The average molecular weight is 246 g/mol. The smallest absolute Gasteiger partial charge is 0.224 e. The maximum absolute atomic E-state index is 11.7. The molecule has 0 spiro atoms. The topological polar surface area (TPSA) is 69.8 Å². The van der Waals surface area contributed by atoms with E-state index in [-0.39, 0.29) is 11.8 Å². The van der Waals surface area contributed by atoms with Crippen LogP contribution in [0.2, 0.25) is 0 Å². The van der Waals surface area contributed by atoms with Gasteiger partial charge in [-0.1, -0.05) is 19.1 Å². The van der Waals surface area contributed by atoms with Gasteiger partial charge in [-0.05, 0) is 19.2 Å². The van der Waals surface area contributed by atoms with Gasteiger partial charge >= 0.3 is 0 Å². The monoisotopic (exact) mass is 246 g/mol. The van der Waals surface area contributed by atoms with Gasteiger partial charge in [0, 0.05) is 12.5 Å². The fourth-order valence-corrected chi connectivity index (χ4v) is 1.83. The molecule has 1 amide bonds. The number of nitrogens with one attached hydrogen (secondary N) is 3. The van der Waals surface area contributed by atoms with Crippen LogP contribution in [0.1, 0.15) is 12.7 Å². The Morgan fingerprint density at radius 2 is 2.22 bits per heavy atom. The summed E-state index contributed by atoms with van der Waals surface area (Å²) >= 11 is 0. The molecule has 0 fully saturated rings. The van der Waals surface area contributed by atoms with Gasteiger partial charge in [0.1, 0.15) is 5.82 Å². The molecule has 3 N–H and O–H groups in total. The van der Waals surface area contributed by atoms with Gasteiger partial charge in [-0.15, -0.1) is 0 Å². The number of H-pyrrole nitrogens is 1. The Hall–Kier alpha value is -1.88. The number of benzene rings is 1. The van der Waals surface area contributed by atoms with Crippen molar-refractivity contribution < 1.29 is 4.79 Å². The van der Waals surface area contributed by atoms with Crippen LogP contribution in [-0.2, 0) is 11.3 Å². The van der Waals surface area contributed by atoms with Crippen molar-refractivity contribution in [1.29, 1.82) is 0 Å². The van der Waals surface area contributed by atoms with Crippen LogP contribution in [0.4, 0.5) is 0 Å². The van der Waals surface area contributed by atoms with Gasteiger partial charge in [0.25, 0.3) is 0 Å². The quantitative estimate of drug-likeness (QED) is 0.738. The fourth-order valence-electron chi connectivity index (χ4n) is 1.83. The molecule has 0 radical (unpaired) electrons. The average Bonchev–Trinajstić information content (AvgIpc) is 2.78. The third kappa shape index (κ3) is 2.87. The molecule has 1 aromatic carbocycles. The molecule has 96 valence electrons. The van der Waals surface area contributed by atoms with E-state index < -0.39 is 0 Å². The van der Waals surface area contributed by atoms with E-state index in [1.807, 2.05) is 38.2 Å². The molecule has 0 bridgehead atoms. The van der Waals surface area contributed by atoms with Crippen molar-refractivity contribution in [3.05, 3.63) is 30.1 Å². The molecular weight excluding hydrogens is 228 g/mol. The van der Waals surface area contributed by atoms with Crippen molar-refractivity contribution in [2.45, 2.75) is 13.5 Å². The Morgan fingerprint density at radius 1 is 1.44 bits per heavy atom. The number of aromatic amines is 1. The predicted octanol–water partition coefficient (Wildman–Crippen LogP) is 1.03. The maximum Gasteiger partial charge on any atom is 0.224 e. The molecule has 18 heavy (non-hydrogen) atoms. The van der Waals surface area contributed by atoms with E-state index in [9.17, 15) is 4.79 Å². The Morgan fingerprint density at radius 3 is 2.94 bits per heavy atom. The molecule has 1 heterocycles. The first-order chi connectivity index (χ1) is 8.70. The fraction of sp³-hybridized carbons (Fsp3) is 0.385. The number of imidazole rings is 1. The van der Waals surface area contributed by atoms with Crippen molar-refractivity contribution in [1.82, 2.24) is 20.6 Å². The summed E-state index contributed by atoms with van der Waals surface area (Å²) in [7, 11) is 1.84. The van der Waals surface area contributed by atoms with Gasteiger partial charge in [-0.2, -0.15) is 0 Å². The molecule has 0 saturated carbocycles. The highest BCUT2D eigenvalue weighted by atomic mass is 16.1. The summed E-state index contributed by atoms with van der Waals surface area (Å²) < 4.78 is 0. The Bertz CT molecular complexity index is 502. The molecule has 2 rings (SSSR count). The van der Waals surface area contributed by atoms with Gasteiger partial charge in [-0.25, -0.2) is 4.98 Å². The number of carbonyl (C=O) groups is 1. The minimum absolute atomic E-state index is 0.0322. The van der Waals surface area contributed by atoms with Crippen molar-refractivity contribution in [3.63, 3.8) is 0 Å². The lowest BCUT2D eigenvalue weighted by Gasteiger charge is -2.10. The van der Waals surface area contributed by atoms with E-state index >= 15 is 0 Å². The maximum atomic E-state index is 11.7. The number of amides is 1. The molecule has 2 aromatic rings. The largest absolute Gasteiger partial charge is 0.349 e. The standard InChI is InChI=1S/C13H18N4O/c1-9(7-14-2)13(18)15-8-12-16-10-5-3-4-6-11(10)17-12/h3-6,9,14H,7-8H2,1-2H3,(H,15,18)(H,16,17). The molecule has 1 aromatic heterocycles. The molecule has 0 saturated heterocycles. The van der Waals surface area contributed by atoms with Crippen molar-refractivity contribution in [3.8, 4) is 0 Å². The minimum atomic E-state index is -0.0422. The molecule has 1 atom stereocenters. The normalized spacial score (nSPS) is 12.6. The van der Waals surface area contributed by atoms with Crippen molar-refractivity contribution >= 4 is 16.9 Å². The molecule has 0 aliphatic rings. The lowest BCUT2D eigenvalue weighted by molar-refractivity contribution is -0.124. The highest BCUT2D eigenvalue weighted by molar-refractivity contribution is 5.78. The summed E-state index contributed by atoms with van der Waals surface area (Å²) in [4.78, 5) is 19.3. The number of nitrogens with zero attached hydrogens (tertiary/aromatic N) is 1. The highest BCUT2D eigenvalue weighted by Crippen LogP contribution is 2.09. The van der Waals surface area contributed by atoms with Crippen LogP contribution in [0.5, 0.6) is 0 Å². The summed E-state index contributed by atoms with van der Waals surface area (Å²) in [5, 5.41) is 5.86. The second-order valence-corrected chi connectivity index (χ2v) is 4.38. The lowest BCUT2D eigenvalue weighted by atomic mass is 10.1. The van der Waals surface area contributed by atoms with Crippen LogP contribution in [0, 0.1) is 5.92 Å².